The Labute approximate surface area is 146 Å². The van der Waals surface area contributed by atoms with E-state index in [-0.39, 0.29) is 5.41 Å². The zero-order valence-corrected chi connectivity index (χ0v) is 16.4. The SMILES string of the molecule is C=C=C1C(=CC(C)(C)C)SC2=C(C(C)CCC2)N1/C=C(/C)CC. The molecule has 0 spiro atoms. The van der Waals surface area contributed by atoms with Gasteiger partial charge in [0.25, 0.3) is 0 Å². The second kappa shape index (κ2) is 7.20. The van der Waals surface area contributed by atoms with Crippen LogP contribution in [0.1, 0.15) is 67.2 Å². The van der Waals surface area contributed by atoms with Crippen LogP contribution in [0.4, 0.5) is 0 Å². The number of thioether (sulfide) groups is 1. The van der Waals surface area contributed by atoms with Crippen molar-refractivity contribution >= 4 is 11.8 Å². The minimum absolute atomic E-state index is 0.151. The first-order chi connectivity index (χ1) is 10.8. The van der Waals surface area contributed by atoms with Crippen molar-refractivity contribution in [3.63, 3.8) is 0 Å². The van der Waals surface area contributed by atoms with E-state index < -0.39 is 0 Å². The molecule has 0 bridgehead atoms. The van der Waals surface area contributed by atoms with E-state index in [0.29, 0.717) is 5.92 Å². The van der Waals surface area contributed by atoms with Crippen LogP contribution >= 0.6 is 11.8 Å². The van der Waals surface area contributed by atoms with E-state index in [9.17, 15) is 0 Å². The highest BCUT2D eigenvalue weighted by Gasteiger charge is 2.33. The van der Waals surface area contributed by atoms with Crippen molar-refractivity contribution < 1.29 is 0 Å². The van der Waals surface area contributed by atoms with Crippen molar-refractivity contribution in [2.45, 2.75) is 67.2 Å². The first kappa shape index (κ1) is 18.2. The molecule has 2 heteroatoms. The number of nitrogens with zero attached hydrogens (tertiary/aromatic N) is 1. The van der Waals surface area contributed by atoms with Gasteiger partial charge in [-0.1, -0.05) is 64.6 Å². The third kappa shape index (κ3) is 4.25. The topological polar surface area (TPSA) is 3.24 Å². The lowest BCUT2D eigenvalue weighted by atomic mass is 9.91. The fourth-order valence-corrected chi connectivity index (χ4v) is 4.71. The minimum Gasteiger partial charge on any atom is -0.312 e. The van der Waals surface area contributed by atoms with E-state index in [4.69, 9.17) is 0 Å². The van der Waals surface area contributed by atoms with Gasteiger partial charge in [-0.15, -0.1) is 5.73 Å². The van der Waals surface area contributed by atoms with E-state index in [0.717, 1.165) is 12.1 Å². The van der Waals surface area contributed by atoms with Crippen molar-refractivity contribution in [2.75, 3.05) is 0 Å². The van der Waals surface area contributed by atoms with E-state index in [2.05, 4.69) is 71.0 Å². The summed E-state index contributed by atoms with van der Waals surface area (Å²) < 4.78 is 0. The maximum absolute atomic E-state index is 4.00. The molecule has 0 aromatic rings. The fourth-order valence-electron chi connectivity index (χ4n) is 3.11. The minimum atomic E-state index is 0.151. The molecule has 126 valence electrons. The van der Waals surface area contributed by atoms with Crippen molar-refractivity contribution in [1.82, 2.24) is 4.90 Å². The van der Waals surface area contributed by atoms with Crippen LogP contribution in [-0.4, -0.2) is 4.90 Å². The van der Waals surface area contributed by atoms with Gasteiger partial charge < -0.3 is 4.90 Å². The lowest BCUT2D eigenvalue weighted by Gasteiger charge is -2.40. The van der Waals surface area contributed by atoms with Gasteiger partial charge in [0.05, 0.1) is 0 Å². The Kier molecular flexibility index (Phi) is 5.70. The third-order valence-corrected chi connectivity index (χ3v) is 5.59. The van der Waals surface area contributed by atoms with Crippen LogP contribution in [0.5, 0.6) is 0 Å². The lowest BCUT2D eigenvalue weighted by Crippen LogP contribution is -2.28. The van der Waals surface area contributed by atoms with Crippen LogP contribution in [0, 0.1) is 11.3 Å². The predicted molar refractivity (Wildman–Crippen MR) is 104 cm³/mol. The molecule has 1 nitrogen and oxygen atoms in total. The first-order valence-electron chi connectivity index (χ1n) is 8.77. The monoisotopic (exact) mass is 329 g/mol. The Morgan fingerprint density at radius 2 is 2.13 bits per heavy atom. The lowest BCUT2D eigenvalue weighted by molar-refractivity contribution is 0.420. The Balaban J connectivity index is 2.61. The fraction of sp³-hybridized carbons (Fsp3) is 0.571. The molecule has 0 aromatic heterocycles. The van der Waals surface area contributed by atoms with Crippen LogP contribution in [-0.2, 0) is 0 Å². The molecule has 23 heavy (non-hydrogen) atoms. The average Bonchev–Trinajstić information content (AvgIpc) is 2.45. The highest BCUT2D eigenvalue weighted by Crippen LogP contribution is 2.50. The van der Waals surface area contributed by atoms with E-state index in [1.807, 2.05) is 11.8 Å². The molecular formula is C21H31NS. The summed E-state index contributed by atoms with van der Waals surface area (Å²) in [6.07, 6.45) is 9.53. The molecule has 0 saturated carbocycles. The second-order valence-electron chi connectivity index (χ2n) is 7.80. The van der Waals surface area contributed by atoms with Gasteiger partial charge in [0.1, 0.15) is 5.70 Å². The van der Waals surface area contributed by atoms with Crippen LogP contribution < -0.4 is 0 Å². The standard InChI is InChI=1S/C21H31NS/c1-8-15(3)14-22-17(9-2)19(13-21(5,6)7)23-18-12-10-11-16(4)20(18)22/h13-14,16H,2,8,10-12H2,1,3-7H3/b15-14-,19-13?. The van der Waals surface area contributed by atoms with Crippen LogP contribution in [0.25, 0.3) is 0 Å². The van der Waals surface area contributed by atoms with Crippen molar-refractivity contribution in [3.05, 3.63) is 51.4 Å². The number of rotatable bonds is 2. The highest BCUT2D eigenvalue weighted by molar-refractivity contribution is 8.07. The van der Waals surface area contributed by atoms with Gasteiger partial charge in [0.2, 0.25) is 0 Å². The van der Waals surface area contributed by atoms with Gasteiger partial charge in [0.15, 0.2) is 0 Å². The van der Waals surface area contributed by atoms with Gasteiger partial charge >= 0.3 is 0 Å². The van der Waals surface area contributed by atoms with E-state index in [1.165, 1.54) is 35.4 Å². The zero-order valence-electron chi connectivity index (χ0n) is 15.6. The molecule has 1 atom stereocenters. The molecule has 1 unspecified atom stereocenters. The third-order valence-electron chi connectivity index (χ3n) is 4.40. The van der Waals surface area contributed by atoms with Gasteiger partial charge in [0, 0.05) is 21.7 Å². The molecule has 1 heterocycles. The molecule has 1 aliphatic carbocycles. The Morgan fingerprint density at radius 1 is 1.43 bits per heavy atom. The molecule has 0 fully saturated rings. The molecule has 2 aliphatic rings. The predicted octanol–water partition coefficient (Wildman–Crippen LogP) is 6.98. The van der Waals surface area contributed by atoms with Crippen molar-refractivity contribution in [2.24, 2.45) is 11.3 Å². The Hall–Kier alpha value is -1.11. The quantitative estimate of drug-likeness (QED) is 0.503. The highest BCUT2D eigenvalue weighted by atomic mass is 32.2. The molecule has 0 amide bonds. The summed E-state index contributed by atoms with van der Waals surface area (Å²) in [4.78, 5) is 5.23. The molecule has 0 aromatic carbocycles. The number of hydrogen-bond donors (Lipinski definition) is 0. The smallest absolute Gasteiger partial charge is 0.102 e. The normalized spacial score (nSPS) is 24.9. The average molecular weight is 330 g/mol. The summed E-state index contributed by atoms with van der Waals surface area (Å²) in [5.41, 5.74) is 7.39. The summed E-state index contributed by atoms with van der Waals surface area (Å²) in [5, 5.41) is 0. The van der Waals surface area contributed by atoms with Crippen molar-refractivity contribution in [1.29, 1.82) is 0 Å². The summed E-state index contributed by atoms with van der Waals surface area (Å²) in [6.45, 7) is 17.6. The van der Waals surface area contributed by atoms with Crippen LogP contribution in [0.3, 0.4) is 0 Å². The Morgan fingerprint density at radius 3 is 2.70 bits per heavy atom. The number of allylic oxidation sites excluding steroid dienone is 4. The molecule has 2 rings (SSSR count). The molecule has 0 radical (unpaired) electrons. The first-order valence-corrected chi connectivity index (χ1v) is 9.59. The van der Waals surface area contributed by atoms with Gasteiger partial charge in [-0.3, -0.25) is 0 Å². The molecule has 0 saturated heterocycles. The maximum Gasteiger partial charge on any atom is 0.102 e. The maximum atomic E-state index is 4.00. The van der Waals surface area contributed by atoms with Crippen molar-refractivity contribution in [3.8, 4) is 0 Å². The van der Waals surface area contributed by atoms with Gasteiger partial charge in [-0.2, -0.15) is 0 Å². The van der Waals surface area contributed by atoms with E-state index in [1.54, 1.807) is 4.91 Å². The van der Waals surface area contributed by atoms with Crippen LogP contribution in [0.2, 0.25) is 0 Å². The summed E-state index contributed by atoms with van der Waals surface area (Å²) in [6, 6.07) is 0. The van der Waals surface area contributed by atoms with Gasteiger partial charge in [-0.25, -0.2) is 0 Å². The summed E-state index contributed by atoms with van der Waals surface area (Å²) >= 11 is 1.95. The molecule has 1 aliphatic heterocycles. The Bertz CT molecular complexity index is 606. The second-order valence-corrected chi connectivity index (χ2v) is 8.94. The largest absolute Gasteiger partial charge is 0.312 e. The van der Waals surface area contributed by atoms with E-state index >= 15 is 0 Å². The van der Waals surface area contributed by atoms with Gasteiger partial charge in [-0.05, 0) is 43.9 Å². The summed E-state index contributed by atoms with van der Waals surface area (Å²) in [7, 11) is 0. The summed E-state index contributed by atoms with van der Waals surface area (Å²) in [5.74, 6) is 0.603. The zero-order chi connectivity index (χ0) is 17.2. The molecule has 0 N–H and O–H groups in total. The molecular weight excluding hydrogens is 298 g/mol. The number of hydrogen-bond acceptors (Lipinski definition) is 2. The van der Waals surface area contributed by atoms with Crippen LogP contribution in [0.15, 0.2) is 51.4 Å².